The fourth-order valence-corrected chi connectivity index (χ4v) is 4.10. The summed E-state index contributed by atoms with van der Waals surface area (Å²) in [4.78, 5) is 7.87. The molecule has 2 heterocycles. The van der Waals surface area contributed by atoms with Gasteiger partial charge < -0.3 is 9.80 Å². The van der Waals surface area contributed by atoms with Gasteiger partial charge in [-0.05, 0) is 64.7 Å². The van der Waals surface area contributed by atoms with E-state index < -0.39 is 0 Å². The number of piperazine rings is 1. The molecule has 0 bridgehead atoms. The Morgan fingerprint density at radius 1 is 1.14 bits per heavy atom. The Morgan fingerprint density at radius 3 is 2.62 bits per heavy atom. The number of rotatable bonds is 4. The van der Waals surface area contributed by atoms with Crippen LogP contribution in [0.3, 0.4) is 0 Å². The van der Waals surface area contributed by atoms with Crippen molar-refractivity contribution >= 4 is 0 Å². The van der Waals surface area contributed by atoms with Gasteiger partial charge in [0, 0.05) is 37.9 Å². The summed E-state index contributed by atoms with van der Waals surface area (Å²) in [5, 5.41) is 0. The predicted octanol–water partition coefficient (Wildman–Crippen LogP) is 2.71. The maximum Gasteiger partial charge on any atom is 0.0303 e. The van der Waals surface area contributed by atoms with Crippen molar-refractivity contribution in [2.45, 2.75) is 45.1 Å². The standard InChI is InChI=1S/C18H31N3/c1-16-6-3-4-8-18(16)21-14-12-20(13-15-21)11-9-17-7-5-10-19(17)2/h3,6,17H,4-5,7-15H2,1-2H3. The van der Waals surface area contributed by atoms with Gasteiger partial charge in [-0.1, -0.05) is 12.2 Å². The lowest BCUT2D eigenvalue weighted by atomic mass is 10.0. The molecule has 0 aromatic heterocycles. The molecular weight excluding hydrogens is 258 g/mol. The fourth-order valence-electron chi connectivity index (χ4n) is 4.10. The summed E-state index contributed by atoms with van der Waals surface area (Å²) < 4.78 is 0. The molecule has 118 valence electrons. The minimum absolute atomic E-state index is 0.844. The lowest BCUT2D eigenvalue weighted by Gasteiger charge is -2.39. The summed E-state index contributed by atoms with van der Waals surface area (Å²) in [6.07, 6.45) is 11.3. The molecule has 2 fully saturated rings. The first-order chi connectivity index (χ1) is 10.2. The zero-order chi connectivity index (χ0) is 14.7. The zero-order valence-electron chi connectivity index (χ0n) is 13.9. The van der Waals surface area contributed by atoms with E-state index in [1.165, 1.54) is 76.9 Å². The third-order valence-electron chi connectivity index (χ3n) is 5.57. The first-order valence-corrected chi connectivity index (χ1v) is 8.78. The SMILES string of the molecule is CC1=C(N2CCN(CCC3CCCN3C)CC2)CCC=C1. The first-order valence-electron chi connectivity index (χ1n) is 8.78. The van der Waals surface area contributed by atoms with Crippen LogP contribution >= 0.6 is 0 Å². The van der Waals surface area contributed by atoms with Crippen LogP contribution in [0.15, 0.2) is 23.4 Å². The van der Waals surface area contributed by atoms with E-state index in [1.54, 1.807) is 5.70 Å². The van der Waals surface area contributed by atoms with E-state index in [9.17, 15) is 0 Å². The Morgan fingerprint density at radius 2 is 1.95 bits per heavy atom. The van der Waals surface area contributed by atoms with E-state index in [1.807, 2.05) is 0 Å². The zero-order valence-corrected chi connectivity index (χ0v) is 13.9. The van der Waals surface area contributed by atoms with Crippen LogP contribution in [0.25, 0.3) is 0 Å². The smallest absolute Gasteiger partial charge is 0.0303 e. The molecule has 1 atom stereocenters. The Labute approximate surface area is 130 Å². The van der Waals surface area contributed by atoms with Crippen molar-refractivity contribution in [1.82, 2.24) is 14.7 Å². The molecule has 21 heavy (non-hydrogen) atoms. The number of hydrogen-bond acceptors (Lipinski definition) is 3. The Bertz CT molecular complexity index is 405. The van der Waals surface area contributed by atoms with Crippen molar-refractivity contribution in [3.8, 4) is 0 Å². The molecule has 2 saturated heterocycles. The number of nitrogens with zero attached hydrogens (tertiary/aromatic N) is 3. The van der Waals surface area contributed by atoms with Gasteiger partial charge in [-0.25, -0.2) is 0 Å². The Hall–Kier alpha value is -0.800. The third-order valence-corrected chi connectivity index (χ3v) is 5.57. The van der Waals surface area contributed by atoms with Crippen LogP contribution in [0.5, 0.6) is 0 Å². The molecule has 0 amide bonds. The third kappa shape index (κ3) is 3.70. The largest absolute Gasteiger partial charge is 0.372 e. The second kappa shape index (κ2) is 6.97. The molecule has 3 rings (SSSR count). The summed E-state index contributed by atoms with van der Waals surface area (Å²) in [5.41, 5.74) is 3.09. The molecular formula is C18H31N3. The van der Waals surface area contributed by atoms with Gasteiger partial charge in [-0.2, -0.15) is 0 Å². The van der Waals surface area contributed by atoms with Gasteiger partial charge in [0.1, 0.15) is 0 Å². The summed E-state index contributed by atoms with van der Waals surface area (Å²) in [6.45, 7) is 9.81. The quantitative estimate of drug-likeness (QED) is 0.788. The Balaban J connectivity index is 1.44. The molecule has 3 nitrogen and oxygen atoms in total. The highest BCUT2D eigenvalue weighted by Crippen LogP contribution is 2.24. The van der Waals surface area contributed by atoms with Crippen molar-refractivity contribution in [2.24, 2.45) is 0 Å². The highest BCUT2D eigenvalue weighted by atomic mass is 15.3. The lowest BCUT2D eigenvalue weighted by Crippen LogP contribution is -2.47. The van der Waals surface area contributed by atoms with E-state index in [2.05, 4.69) is 40.8 Å². The van der Waals surface area contributed by atoms with Gasteiger partial charge in [0.25, 0.3) is 0 Å². The number of likely N-dealkylation sites (tertiary alicyclic amines) is 1. The molecule has 0 radical (unpaired) electrons. The molecule has 1 unspecified atom stereocenters. The fraction of sp³-hybridized carbons (Fsp3) is 0.778. The molecule has 3 heteroatoms. The maximum atomic E-state index is 2.68. The van der Waals surface area contributed by atoms with Crippen LogP contribution in [0, 0.1) is 0 Å². The van der Waals surface area contributed by atoms with Gasteiger partial charge in [0.15, 0.2) is 0 Å². The maximum absolute atomic E-state index is 2.68. The van der Waals surface area contributed by atoms with Gasteiger partial charge in [-0.15, -0.1) is 0 Å². The highest BCUT2D eigenvalue weighted by Gasteiger charge is 2.24. The summed E-state index contributed by atoms with van der Waals surface area (Å²) >= 11 is 0. The van der Waals surface area contributed by atoms with Gasteiger partial charge in [-0.3, -0.25) is 4.90 Å². The van der Waals surface area contributed by atoms with E-state index >= 15 is 0 Å². The molecule has 0 saturated carbocycles. The van der Waals surface area contributed by atoms with Crippen LogP contribution < -0.4 is 0 Å². The molecule has 0 spiro atoms. The van der Waals surface area contributed by atoms with E-state index in [-0.39, 0.29) is 0 Å². The van der Waals surface area contributed by atoms with E-state index in [4.69, 9.17) is 0 Å². The van der Waals surface area contributed by atoms with Crippen LogP contribution in [0.1, 0.15) is 39.0 Å². The number of allylic oxidation sites excluding steroid dienone is 4. The number of hydrogen-bond donors (Lipinski definition) is 0. The van der Waals surface area contributed by atoms with Crippen molar-refractivity contribution in [1.29, 1.82) is 0 Å². The lowest BCUT2D eigenvalue weighted by molar-refractivity contribution is 0.142. The average Bonchev–Trinajstić information content (AvgIpc) is 2.92. The Kier molecular flexibility index (Phi) is 5.02. The van der Waals surface area contributed by atoms with E-state index in [0.29, 0.717) is 0 Å². The minimum Gasteiger partial charge on any atom is -0.372 e. The van der Waals surface area contributed by atoms with Gasteiger partial charge >= 0.3 is 0 Å². The van der Waals surface area contributed by atoms with E-state index in [0.717, 1.165) is 6.04 Å². The monoisotopic (exact) mass is 289 g/mol. The molecule has 2 aliphatic heterocycles. The average molecular weight is 289 g/mol. The molecule has 0 aromatic carbocycles. The van der Waals surface area contributed by atoms with Crippen molar-refractivity contribution in [2.75, 3.05) is 46.3 Å². The summed E-state index contributed by atoms with van der Waals surface area (Å²) in [7, 11) is 2.29. The first kappa shape index (κ1) is 15.1. The van der Waals surface area contributed by atoms with Gasteiger partial charge in [0.05, 0.1) is 0 Å². The molecule has 3 aliphatic rings. The molecule has 0 N–H and O–H groups in total. The van der Waals surface area contributed by atoms with Crippen LogP contribution in [-0.4, -0.2) is 67.1 Å². The van der Waals surface area contributed by atoms with Crippen molar-refractivity contribution in [3.05, 3.63) is 23.4 Å². The predicted molar refractivity (Wildman–Crippen MR) is 89.4 cm³/mol. The van der Waals surface area contributed by atoms with Crippen molar-refractivity contribution < 1.29 is 0 Å². The summed E-state index contributed by atoms with van der Waals surface area (Å²) in [5.74, 6) is 0. The highest BCUT2D eigenvalue weighted by molar-refractivity contribution is 5.27. The van der Waals surface area contributed by atoms with Crippen LogP contribution in [0.2, 0.25) is 0 Å². The topological polar surface area (TPSA) is 9.72 Å². The molecule has 0 aromatic rings. The normalized spacial score (nSPS) is 28.7. The second-order valence-corrected chi connectivity index (χ2v) is 6.96. The molecule has 1 aliphatic carbocycles. The van der Waals surface area contributed by atoms with Crippen molar-refractivity contribution in [3.63, 3.8) is 0 Å². The minimum atomic E-state index is 0.844. The van der Waals surface area contributed by atoms with Crippen LogP contribution in [0.4, 0.5) is 0 Å². The van der Waals surface area contributed by atoms with Gasteiger partial charge in [0.2, 0.25) is 0 Å². The second-order valence-electron chi connectivity index (χ2n) is 6.96. The van der Waals surface area contributed by atoms with Crippen LogP contribution in [-0.2, 0) is 0 Å². The summed E-state index contributed by atoms with van der Waals surface area (Å²) in [6, 6.07) is 0.844.